The second-order valence-corrected chi connectivity index (χ2v) is 5.45. The van der Waals surface area contributed by atoms with Crippen LogP contribution in [0.25, 0.3) is 21.9 Å². The zero-order chi connectivity index (χ0) is 16.5. The predicted molar refractivity (Wildman–Crippen MR) is 88.9 cm³/mol. The topological polar surface area (TPSA) is 103 Å². The van der Waals surface area contributed by atoms with Gasteiger partial charge in [0.1, 0.15) is 5.58 Å². The highest BCUT2D eigenvalue weighted by molar-refractivity contribution is 5.95. The van der Waals surface area contributed by atoms with E-state index in [0.29, 0.717) is 12.1 Å². The van der Waals surface area contributed by atoms with Gasteiger partial charge in [-0.1, -0.05) is 6.07 Å². The summed E-state index contributed by atoms with van der Waals surface area (Å²) < 4.78 is 5.37. The van der Waals surface area contributed by atoms with Crippen LogP contribution in [0.3, 0.4) is 0 Å². The molecule has 7 heteroatoms. The lowest BCUT2D eigenvalue weighted by molar-refractivity contribution is 0.0678. The maximum Gasteiger partial charge on any atom is 0.310 e. The Balaban J connectivity index is 1.54. The van der Waals surface area contributed by atoms with Gasteiger partial charge in [-0.05, 0) is 42.0 Å². The van der Waals surface area contributed by atoms with Crippen LogP contribution < -0.4 is 10.8 Å². The number of carbonyl (C=O) groups excluding carboxylic acids is 1. The molecule has 2 heterocycles. The zero-order valence-electron chi connectivity index (χ0n) is 12.5. The molecule has 2 aromatic heterocycles. The molecule has 4 rings (SSSR count). The molecule has 0 fully saturated rings. The first-order valence-electron chi connectivity index (χ1n) is 7.37. The fraction of sp³-hybridized carbons (Fsp3) is 0.0588. The zero-order valence-corrected chi connectivity index (χ0v) is 12.5. The van der Waals surface area contributed by atoms with Crippen molar-refractivity contribution in [2.24, 2.45) is 0 Å². The van der Waals surface area contributed by atoms with Crippen molar-refractivity contribution < 1.29 is 14.4 Å². The van der Waals surface area contributed by atoms with Gasteiger partial charge in [0.15, 0.2) is 5.76 Å². The van der Waals surface area contributed by atoms with Crippen molar-refractivity contribution >= 4 is 33.5 Å². The number of furan rings is 1. The lowest BCUT2D eigenvalue weighted by Crippen LogP contribution is -2.17. The van der Waals surface area contributed by atoms with Gasteiger partial charge in [-0.2, -0.15) is 5.10 Å². The number of aromatic amines is 1. The number of benzene rings is 2. The third kappa shape index (κ3) is 2.57. The minimum atomic E-state index is -0.668. The highest BCUT2D eigenvalue weighted by Gasteiger charge is 2.11. The largest absolute Gasteiger partial charge is 0.451 e. The Labute approximate surface area is 136 Å². The minimum absolute atomic E-state index is 0.0716. The number of carbonyl (C=O) groups is 1. The summed E-state index contributed by atoms with van der Waals surface area (Å²) in [6.45, 7) is 0.627. The van der Waals surface area contributed by atoms with Gasteiger partial charge in [-0.3, -0.25) is 15.1 Å². The predicted octanol–water partition coefficient (Wildman–Crippen LogP) is 3.04. The second kappa shape index (κ2) is 5.71. The summed E-state index contributed by atoms with van der Waals surface area (Å²) in [5.41, 5.74) is 5.16. The molecule has 0 unspecified atom stereocenters. The Kier molecular flexibility index (Phi) is 3.40. The van der Waals surface area contributed by atoms with Crippen LogP contribution >= 0.6 is 0 Å². The molecule has 0 aliphatic rings. The van der Waals surface area contributed by atoms with Crippen LogP contribution in [0.5, 0.6) is 0 Å². The Hall–Kier alpha value is -3.32. The molecule has 0 atom stereocenters. The number of aromatic nitrogens is 2. The molecule has 4 aromatic rings. The summed E-state index contributed by atoms with van der Waals surface area (Å²) in [5, 5.41) is 20.8. The molecular formula is C17H14N4O3. The third-order valence-corrected chi connectivity index (χ3v) is 3.84. The molecule has 0 aliphatic heterocycles. The number of hydrogen-bond acceptors (Lipinski definition) is 5. The highest BCUT2D eigenvalue weighted by Crippen LogP contribution is 2.22. The van der Waals surface area contributed by atoms with E-state index in [4.69, 9.17) is 9.62 Å². The Morgan fingerprint density at radius 3 is 2.96 bits per heavy atom. The van der Waals surface area contributed by atoms with E-state index < -0.39 is 5.91 Å². The van der Waals surface area contributed by atoms with Crippen molar-refractivity contribution in [3.8, 4) is 0 Å². The van der Waals surface area contributed by atoms with Crippen molar-refractivity contribution in [3.63, 3.8) is 0 Å². The van der Waals surface area contributed by atoms with Crippen molar-refractivity contribution in [2.75, 3.05) is 5.32 Å². The second-order valence-electron chi connectivity index (χ2n) is 5.45. The number of H-pyrrole nitrogens is 1. The number of nitrogens with zero attached hydrogens (tertiary/aromatic N) is 1. The van der Waals surface area contributed by atoms with Crippen LogP contribution in [0, 0.1) is 0 Å². The van der Waals surface area contributed by atoms with E-state index in [1.807, 2.05) is 30.3 Å². The van der Waals surface area contributed by atoms with Gasteiger partial charge in [0.05, 0.1) is 11.7 Å². The fourth-order valence-corrected chi connectivity index (χ4v) is 2.62. The van der Waals surface area contributed by atoms with E-state index in [2.05, 4.69) is 15.5 Å². The molecule has 24 heavy (non-hydrogen) atoms. The van der Waals surface area contributed by atoms with Gasteiger partial charge in [-0.25, -0.2) is 5.48 Å². The van der Waals surface area contributed by atoms with Crippen molar-refractivity contribution in [1.82, 2.24) is 15.7 Å². The average Bonchev–Trinajstić information content (AvgIpc) is 3.24. The minimum Gasteiger partial charge on any atom is -0.451 e. The van der Waals surface area contributed by atoms with Crippen LogP contribution in [0.4, 0.5) is 5.69 Å². The maximum absolute atomic E-state index is 11.4. The van der Waals surface area contributed by atoms with Gasteiger partial charge in [-0.15, -0.1) is 0 Å². The SMILES string of the molecule is O=C(NO)c1cc2cc(CNc3ccc4cn[nH]c4c3)ccc2o1. The summed E-state index contributed by atoms with van der Waals surface area (Å²) >= 11 is 0. The first kappa shape index (κ1) is 14.3. The Morgan fingerprint density at radius 2 is 2.08 bits per heavy atom. The van der Waals surface area contributed by atoms with Crippen LogP contribution in [0.2, 0.25) is 0 Å². The first-order chi connectivity index (χ1) is 11.7. The van der Waals surface area contributed by atoms with Crippen LogP contribution in [-0.4, -0.2) is 21.3 Å². The molecule has 2 aromatic carbocycles. The van der Waals surface area contributed by atoms with E-state index in [9.17, 15) is 4.79 Å². The van der Waals surface area contributed by atoms with E-state index in [1.165, 1.54) is 0 Å². The van der Waals surface area contributed by atoms with Crippen LogP contribution in [0.15, 0.2) is 53.1 Å². The van der Waals surface area contributed by atoms with Crippen molar-refractivity contribution in [3.05, 3.63) is 60.0 Å². The molecule has 0 radical (unpaired) electrons. The number of hydroxylamine groups is 1. The molecule has 0 aliphatic carbocycles. The molecule has 120 valence electrons. The molecular weight excluding hydrogens is 308 g/mol. The van der Waals surface area contributed by atoms with Crippen molar-refractivity contribution in [1.29, 1.82) is 0 Å². The van der Waals surface area contributed by atoms with Crippen LogP contribution in [0.1, 0.15) is 16.1 Å². The molecule has 7 nitrogen and oxygen atoms in total. The lowest BCUT2D eigenvalue weighted by Gasteiger charge is -2.06. The average molecular weight is 322 g/mol. The maximum atomic E-state index is 11.4. The number of fused-ring (bicyclic) bond motifs is 2. The molecule has 0 spiro atoms. The summed E-state index contributed by atoms with van der Waals surface area (Å²) in [7, 11) is 0. The summed E-state index contributed by atoms with van der Waals surface area (Å²) in [6.07, 6.45) is 1.78. The van der Waals surface area contributed by atoms with E-state index >= 15 is 0 Å². The van der Waals surface area contributed by atoms with Gasteiger partial charge >= 0.3 is 5.91 Å². The van der Waals surface area contributed by atoms with Crippen molar-refractivity contribution in [2.45, 2.75) is 6.54 Å². The fourth-order valence-electron chi connectivity index (χ4n) is 2.62. The summed E-state index contributed by atoms with van der Waals surface area (Å²) in [5.74, 6) is -0.596. The smallest absolute Gasteiger partial charge is 0.310 e. The van der Waals surface area contributed by atoms with Gasteiger partial charge in [0.2, 0.25) is 0 Å². The number of rotatable bonds is 4. The third-order valence-electron chi connectivity index (χ3n) is 3.84. The molecule has 0 saturated heterocycles. The standard InChI is InChI=1S/C17H14N4O3/c22-17(21-23)16-6-12-5-10(1-4-15(12)24-16)8-18-13-3-2-11-9-19-20-14(11)7-13/h1-7,9,18,23H,8H2,(H,19,20)(H,21,22). The first-order valence-corrected chi connectivity index (χ1v) is 7.37. The highest BCUT2D eigenvalue weighted by atomic mass is 16.5. The summed E-state index contributed by atoms with van der Waals surface area (Å²) in [4.78, 5) is 11.4. The lowest BCUT2D eigenvalue weighted by atomic mass is 10.1. The van der Waals surface area contributed by atoms with Gasteiger partial charge in [0.25, 0.3) is 0 Å². The van der Waals surface area contributed by atoms with Gasteiger partial charge < -0.3 is 9.73 Å². The van der Waals surface area contributed by atoms with E-state index in [1.54, 1.807) is 23.8 Å². The molecule has 4 N–H and O–H groups in total. The quantitative estimate of drug-likeness (QED) is 0.341. The van der Waals surface area contributed by atoms with E-state index in [-0.39, 0.29) is 5.76 Å². The normalized spacial score (nSPS) is 11.0. The molecule has 0 bridgehead atoms. The monoisotopic (exact) mass is 322 g/mol. The van der Waals surface area contributed by atoms with Gasteiger partial charge in [0, 0.05) is 23.0 Å². The van der Waals surface area contributed by atoms with E-state index in [0.717, 1.165) is 27.5 Å². The number of anilines is 1. The molecule has 1 amide bonds. The Bertz CT molecular complexity index is 1030. The molecule has 0 saturated carbocycles. The Morgan fingerprint density at radius 1 is 1.17 bits per heavy atom. The summed E-state index contributed by atoms with van der Waals surface area (Å²) in [6, 6.07) is 13.3. The number of amides is 1. The number of hydrogen-bond donors (Lipinski definition) is 4. The van der Waals surface area contributed by atoms with Crippen LogP contribution in [-0.2, 0) is 6.54 Å². The number of nitrogens with one attached hydrogen (secondary N) is 3.